The summed E-state index contributed by atoms with van der Waals surface area (Å²) in [7, 11) is 0. The maximum atomic E-state index is 7.30. The van der Waals surface area contributed by atoms with Crippen molar-refractivity contribution >= 4 is 17.2 Å². The van der Waals surface area contributed by atoms with Gasteiger partial charge in [-0.25, -0.2) is 4.98 Å². The third kappa shape index (κ3) is 1.46. The van der Waals surface area contributed by atoms with Crippen LogP contribution in [-0.2, 0) is 0 Å². The number of pyridine rings is 1. The number of nitrogens with one attached hydrogen (secondary N) is 1. The molecule has 0 aromatic carbocycles. The highest BCUT2D eigenvalue weighted by molar-refractivity contribution is 6.00. The molecule has 5 N–H and O–H groups in total. The minimum atomic E-state index is 0.353. The molecule has 4 heteroatoms. The SMILES string of the molecule is CC(=N)c1cc(N)cnc1N. The number of nitrogens with two attached hydrogens (primary N) is 2. The third-order valence-corrected chi connectivity index (χ3v) is 1.34. The third-order valence-electron chi connectivity index (χ3n) is 1.34. The number of hydrogen-bond acceptors (Lipinski definition) is 4. The number of rotatable bonds is 1. The molecule has 0 saturated carbocycles. The Morgan fingerprint density at radius 3 is 2.64 bits per heavy atom. The van der Waals surface area contributed by atoms with Crippen LogP contribution in [0.5, 0.6) is 0 Å². The van der Waals surface area contributed by atoms with Crippen LogP contribution in [0.3, 0.4) is 0 Å². The molecule has 58 valence electrons. The summed E-state index contributed by atoms with van der Waals surface area (Å²) in [5, 5.41) is 7.30. The van der Waals surface area contributed by atoms with Gasteiger partial charge in [0.2, 0.25) is 0 Å². The largest absolute Gasteiger partial charge is 0.397 e. The molecule has 0 amide bonds. The molecule has 4 nitrogen and oxygen atoms in total. The summed E-state index contributed by atoms with van der Waals surface area (Å²) in [6.45, 7) is 1.65. The van der Waals surface area contributed by atoms with Gasteiger partial charge in [0.05, 0.1) is 11.9 Å². The van der Waals surface area contributed by atoms with E-state index in [0.29, 0.717) is 22.8 Å². The van der Waals surface area contributed by atoms with Gasteiger partial charge in [-0.15, -0.1) is 0 Å². The summed E-state index contributed by atoms with van der Waals surface area (Å²) < 4.78 is 0. The number of anilines is 2. The van der Waals surface area contributed by atoms with Crippen LogP contribution in [0, 0.1) is 5.41 Å². The summed E-state index contributed by atoms with van der Waals surface area (Å²) >= 11 is 0. The van der Waals surface area contributed by atoms with E-state index in [2.05, 4.69) is 4.98 Å². The molecule has 0 fully saturated rings. The highest BCUT2D eigenvalue weighted by atomic mass is 14.8. The number of hydrogen-bond donors (Lipinski definition) is 3. The fourth-order valence-electron chi connectivity index (χ4n) is 0.792. The monoisotopic (exact) mass is 150 g/mol. The predicted molar refractivity (Wildman–Crippen MR) is 45.6 cm³/mol. The van der Waals surface area contributed by atoms with Gasteiger partial charge in [0.1, 0.15) is 5.82 Å². The van der Waals surface area contributed by atoms with E-state index in [1.807, 2.05) is 0 Å². The molecule has 0 saturated heterocycles. The highest BCUT2D eigenvalue weighted by Gasteiger charge is 2.01. The molecule has 1 rings (SSSR count). The van der Waals surface area contributed by atoms with Crippen LogP contribution in [0.25, 0.3) is 0 Å². The minimum Gasteiger partial charge on any atom is -0.397 e. The molecule has 11 heavy (non-hydrogen) atoms. The number of aromatic nitrogens is 1. The summed E-state index contributed by atoms with van der Waals surface area (Å²) in [6.07, 6.45) is 1.47. The average molecular weight is 150 g/mol. The fourth-order valence-corrected chi connectivity index (χ4v) is 0.792. The minimum absolute atomic E-state index is 0.353. The van der Waals surface area contributed by atoms with E-state index < -0.39 is 0 Å². The second-order valence-corrected chi connectivity index (χ2v) is 2.33. The van der Waals surface area contributed by atoms with E-state index >= 15 is 0 Å². The first-order chi connectivity index (χ1) is 5.11. The fraction of sp³-hybridized carbons (Fsp3) is 0.143. The summed E-state index contributed by atoms with van der Waals surface area (Å²) in [5.41, 5.74) is 12.4. The van der Waals surface area contributed by atoms with E-state index in [9.17, 15) is 0 Å². The van der Waals surface area contributed by atoms with Gasteiger partial charge in [-0.2, -0.15) is 0 Å². The Balaban J connectivity index is 3.23. The van der Waals surface area contributed by atoms with E-state index in [1.165, 1.54) is 6.20 Å². The van der Waals surface area contributed by atoms with Crippen molar-refractivity contribution in [2.45, 2.75) is 6.92 Å². The average Bonchev–Trinajstić information content (AvgIpc) is 1.94. The molecule has 0 unspecified atom stereocenters. The van der Waals surface area contributed by atoms with Crippen LogP contribution < -0.4 is 11.5 Å². The molecular weight excluding hydrogens is 140 g/mol. The molecule has 1 aromatic rings. The van der Waals surface area contributed by atoms with Crippen molar-refractivity contribution < 1.29 is 0 Å². The van der Waals surface area contributed by atoms with Crippen molar-refractivity contribution in [3.63, 3.8) is 0 Å². The topological polar surface area (TPSA) is 88.8 Å². The molecular formula is C7H10N4. The first kappa shape index (κ1) is 7.53. The maximum absolute atomic E-state index is 7.30. The zero-order chi connectivity index (χ0) is 8.43. The van der Waals surface area contributed by atoms with Crippen molar-refractivity contribution in [3.8, 4) is 0 Å². The molecule has 1 heterocycles. The molecule has 0 aliphatic rings. The smallest absolute Gasteiger partial charge is 0.132 e. The summed E-state index contributed by atoms with van der Waals surface area (Å²) in [6, 6.07) is 1.64. The first-order valence-corrected chi connectivity index (χ1v) is 3.18. The van der Waals surface area contributed by atoms with Crippen LogP contribution in [0.1, 0.15) is 12.5 Å². The Kier molecular flexibility index (Phi) is 1.76. The van der Waals surface area contributed by atoms with Crippen LogP contribution >= 0.6 is 0 Å². The normalized spacial score (nSPS) is 9.55. The van der Waals surface area contributed by atoms with Crippen LogP contribution in [-0.4, -0.2) is 10.7 Å². The molecule has 0 spiro atoms. The van der Waals surface area contributed by atoms with Gasteiger partial charge in [-0.3, -0.25) is 0 Å². The Labute approximate surface area is 64.7 Å². The zero-order valence-electron chi connectivity index (χ0n) is 6.26. The van der Waals surface area contributed by atoms with Crippen molar-refractivity contribution in [1.29, 1.82) is 5.41 Å². The van der Waals surface area contributed by atoms with Gasteiger partial charge < -0.3 is 16.9 Å². The lowest BCUT2D eigenvalue weighted by atomic mass is 10.2. The van der Waals surface area contributed by atoms with Gasteiger partial charge in [0.25, 0.3) is 0 Å². The first-order valence-electron chi connectivity index (χ1n) is 3.18. The van der Waals surface area contributed by atoms with E-state index in [4.69, 9.17) is 16.9 Å². The molecule has 1 aromatic heterocycles. The Morgan fingerprint density at radius 2 is 2.18 bits per heavy atom. The molecule has 0 radical (unpaired) electrons. The van der Waals surface area contributed by atoms with Gasteiger partial charge in [0, 0.05) is 11.3 Å². The molecule has 0 aliphatic heterocycles. The van der Waals surface area contributed by atoms with Crippen molar-refractivity contribution in [3.05, 3.63) is 17.8 Å². The second kappa shape index (κ2) is 2.57. The van der Waals surface area contributed by atoms with Gasteiger partial charge in [0.15, 0.2) is 0 Å². The van der Waals surface area contributed by atoms with E-state index in [0.717, 1.165) is 0 Å². The highest BCUT2D eigenvalue weighted by Crippen LogP contribution is 2.11. The van der Waals surface area contributed by atoms with Gasteiger partial charge >= 0.3 is 0 Å². The lowest BCUT2D eigenvalue weighted by Crippen LogP contribution is -2.03. The Bertz CT molecular complexity index is 292. The number of nitrogen functional groups attached to an aromatic ring is 2. The second-order valence-electron chi connectivity index (χ2n) is 2.33. The molecule has 0 atom stereocenters. The van der Waals surface area contributed by atoms with Crippen LogP contribution in [0.2, 0.25) is 0 Å². The van der Waals surface area contributed by atoms with E-state index in [-0.39, 0.29) is 0 Å². The lowest BCUT2D eigenvalue weighted by Gasteiger charge is -2.02. The standard InChI is InChI=1S/C7H10N4/c1-4(8)6-2-5(9)3-11-7(6)10/h2-3,8H,9H2,1H3,(H2,10,11). The van der Waals surface area contributed by atoms with E-state index in [1.54, 1.807) is 13.0 Å². The number of nitrogens with zero attached hydrogens (tertiary/aromatic N) is 1. The predicted octanol–water partition coefficient (Wildman–Crippen LogP) is 0.634. The zero-order valence-corrected chi connectivity index (χ0v) is 6.26. The van der Waals surface area contributed by atoms with Crippen LogP contribution in [0.15, 0.2) is 12.3 Å². The Hall–Kier alpha value is -1.58. The van der Waals surface area contributed by atoms with Gasteiger partial charge in [-0.05, 0) is 13.0 Å². The summed E-state index contributed by atoms with van der Waals surface area (Å²) in [4.78, 5) is 3.81. The lowest BCUT2D eigenvalue weighted by molar-refractivity contribution is 1.31. The quantitative estimate of drug-likeness (QED) is 0.513. The molecule has 0 aliphatic carbocycles. The Morgan fingerprint density at radius 1 is 1.55 bits per heavy atom. The van der Waals surface area contributed by atoms with Crippen molar-refractivity contribution in [2.24, 2.45) is 0 Å². The summed E-state index contributed by atoms with van der Waals surface area (Å²) in [5.74, 6) is 0.353. The maximum Gasteiger partial charge on any atom is 0.132 e. The van der Waals surface area contributed by atoms with Gasteiger partial charge in [-0.1, -0.05) is 0 Å². The van der Waals surface area contributed by atoms with Crippen LogP contribution in [0.4, 0.5) is 11.5 Å². The molecule has 0 bridgehead atoms. The van der Waals surface area contributed by atoms with Crippen molar-refractivity contribution in [1.82, 2.24) is 4.98 Å². The van der Waals surface area contributed by atoms with Crippen molar-refractivity contribution in [2.75, 3.05) is 11.5 Å².